The van der Waals surface area contributed by atoms with Crippen molar-refractivity contribution in [2.24, 2.45) is 22.6 Å². The summed E-state index contributed by atoms with van der Waals surface area (Å²) in [5.74, 6) is 1.82. The number of halogens is 1. The van der Waals surface area contributed by atoms with Crippen molar-refractivity contribution in [1.82, 2.24) is 15.5 Å². The van der Waals surface area contributed by atoms with E-state index in [1.54, 1.807) is 0 Å². The molecule has 0 aromatic carbocycles. The molecule has 7 heteroatoms. The fourth-order valence-corrected chi connectivity index (χ4v) is 4.38. The maximum atomic E-state index is 11.4. The van der Waals surface area contributed by atoms with Crippen LogP contribution >= 0.6 is 24.0 Å². The first-order chi connectivity index (χ1) is 13.2. The number of carbonyl (C=O) groups excluding carboxylic acids is 1. The average Bonchev–Trinajstić information content (AvgIpc) is 3.18. The van der Waals surface area contributed by atoms with E-state index in [0.29, 0.717) is 0 Å². The van der Waals surface area contributed by atoms with E-state index in [1.807, 2.05) is 0 Å². The number of amides is 1. The highest BCUT2D eigenvalue weighted by atomic mass is 127. The highest BCUT2D eigenvalue weighted by molar-refractivity contribution is 14.0. The summed E-state index contributed by atoms with van der Waals surface area (Å²) in [7, 11) is 0. The standard InChI is InChI=1S/C21H41N5O.HI/c1-2-23-21(24-13-6-5-11-18-9-3-4-10-18)25-14-8-16-26-15-7-12-19(17-26)20(22)27;/h18-19H,2-17H2,1H3,(H2,22,27)(H2,23,24,25);1H. The monoisotopic (exact) mass is 507 g/mol. The summed E-state index contributed by atoms with van der Waals surface area (Å²) in [6.07, 6.45) is 12.8. The summed E-state index contributed by atoms with van der Waals surface area (Å²) < 4.78 is 0. The lowest BCUT2D eigenvalue weighted by molar-refractivity contribution is -0.123. The van der Waals surface area contributed by atoms with Gasteiger partial charge in [0, 0.05) is 26.2 Å². The number of likely N-dealkylation sites (tertiary alicyclic amines) is 1. The number of nitrogens with one attached hydrogen (secondary N) is 2. The van der Waals surface area contributed by atoms with Crippen molar-refractivity contribution in [3.63, 3.8) is 0 Å². The minimum absolute atomic E-state index is 0. The summed E-state index contributed by atoms with van der Waals surface area (Å²) in [6.45, 7) is 7.70. The Morgan fingerprint density at radius 3 is 2.61 bits per heavy atom. The van der Waals surface area contributed by atoms with Crippen molar-refractivity contribution in [3.8, 4) is 0 Å². The molecule has 4 N–H and O–H groups in total. The zero-order chi connectivity index (χ0) is 19.3. The summed E-state index contributed by atoms with van der Waals surface area (Å²) in [5, 5.41) is 6.81. The third-order valence-corrected chi connectivity index (χ3v) is 5.96. The molecule has 1 aliphatic carbocycles. The van der Waals surface area contributed by atoms with Crippen LogP contribution in [0.4, 0.5) is 0 Å². The molecular formula is C21H42IN5O. The Balaban J connectivity index is 0.00000392. The quantitative estimate of drug-likeness (QED) is 0.174. The zero-order valence-electron chi connectivity index (χ0n) is 17.8. The van der Waals surface area contributed by atoms with Crippen LogP contribution in [0.5, 0.6) is 0 Å². The van der Waals surface area contributed by atoms with Crippen LogP contribution in [0.2, 0.25) is 0 Å². The lowest BCUT2D eigenvalue weighted by atomic mass is 9.97. The van der Waals surface area contributed by atoms with Crippen molar-refractivity contribution in [2.75, 3.05) is 39.3 Å². The third kappa shape index (κ3) is 10.3. The van der Waals surface area contributed by atoms with Gasteiger partial charge in [0.05, 0.1) is 5.92 Å². The lowest BCUT2D eigenvalue weighted by Gasteiger charge is -2.30. The summed E-state index contributed by atoms with van der Waals surface area (Å²) in [5.41, 5.74) is 5.46. The van der Waals surface area contributed by atoms with Gasteiger partial charge in [-0.25, -0.2) is 0 Å². The van der Waals surface area contributed by atoms with Crippen LogP contribution in [0.25, 0.3) is 0 Å². The van der Waals surface area contributed by atoms with Gasteiger partial charge in [-0.05, 0) is 51.6 Å². The number of primary amides is 1. The Morgan fingerprint density at radius 1 is 1.11 bits per heavy atom. The van der Waals surface area contributed by atoms with Crippen molar-refractivity contribution < 1.29 is 4.79 Å². The molecule has 6 nitrogen and oxygen atoms in total. The second kappa shape index (κ2) is 15.3. The number of hydrogen-bond donors (Lipinski definition) is 3. The lowest BCUT2D eigenvalue weighted by Crippen LogP contribution is -2.41. The van der Waals surface area contributed by atoms with Crippen LogP contribution in [0.3, 0.4) is 0 Å². The van der Waals surface area contributed by atoms with E-state index in [4.69, 9.17) is 10.7 Å². The molecule has 2 rings (SSSR count). The van der Waals surface area contributed by atoms with Gasteiger partial charge in [0.1, 0.15) is 0 Å². The normalized spacial score (nSPS) is 21.3. The zero-order valence-corrected chi connectivity index (χ0v) is 20.1. The van der Waals surface area contributed by atoms with Gasteiger partial charge in [-0.15, -0.1) is 24.0 Å². The fourth-order valence-electron chi connectivity index (χ4n) is 4.38. The first-order valence-corrected chi connectivity index (χ1v) is 11.2. The van der Waals surface area contributed by atoms with E-state index >= 15 is 0 Å². The summed E-state index contributed by atoms with van der Waals surface area (Å²) >= 11 is 0. The van der Waals surface area contributed by atoms with Crippen LogP contribution < -0.4 is 16.4 Å². The molecule has 1 amide bonds. The number of hydrogen-bond acceptors (Lipinski definition) is 3. The number of nitrogens with two attached hydrogens (primary N) is 1. The van der Waals surface area contributed by atoms with E-state index in [9.17, 15) is 4.79 Å². The largest absolute Gasteiger partial charge is 0.369 e. The molecule has 1 heterocycles. The number of rotatable bonds is 11. The minimum atomic E-state index is -0.149. The SMILES string of the molecule is CCNC(=NCCCN1CCCC(C(N)=O)C1)NCCCCC1CCCC1.I. The van der Waals surface area contributed by atoms with Crippen molar-refractivity contribution in [3.05, 3.63) is 0 Å². The molecule has 0 radical (unpaired) electrons. The van der Waals surface area contributed by atoms with Gasteiger partial charge in [0.2, 0.25) is 5.91 Å². The number of guanidine groups is 1. The second-order valence-corrected chi connectivity index (χ2v) is 8.23. The van der Waals surface area contributed by atoms with Crippen LogP contribution in [0.1, 0.15) is 71.1 Å². The molecule has 1 saturated carbocycles. The summed E-state index contributed by atoms with van der Waals surface area (Å²) in [4.78, 5) is 18.4. The number of piperidine rings is 1. The van der Waals surface area contributed by atoms with Gasteiger partial charge in [-0.3, -0.25) is 9.79 Å². The van der Waals surface area contributed by atoms with Gasteiger partial charge in [0.25, 0.3) is 0 Å². The smallest absolute Gasteiger partial charge is 0.221 e. The Morgan fingerprint density at radius 2 is 1.89 bits per heavy atom. The molecule has 1 unspecified atom stereocenters. The maximum Gasteiger partial charge on any atom is 0.221 e. The molecule has 28 heavy (non-hydrogen) atoms. The van der Waals surface area contributed by atoms with Gasteiger partial charge in [-0.2, -0.15) is 0 Å². The number of nitrogens with zero attached hydrogens (tertiary/aromatic N) is 2. The van der Waals surface area contributed by atoms with Gasteiger partial charge in [-0.1, -0.05) is 38.5 Å². The average molecular weight is 508 g/mol. The first-order valence-electron chi connectivity index (χ1n) is 11.2. The van der Waals surface area contributed by atoms with Crippen molar-refractivity contribution >= 4 is 35.8 Å². The van der Waals surface area contributed by atoms with Crippen molar-refractivity contribution in [2.45, 2.75) is 71.1 Å². The van der Waals surface area contributed by atoms with Gasteiger partial charge >= 0.3 is 0 Å². The Bertz CT molecular complexity index is 454. The number of carbonyl (C=O) groups is 1. The van der Waals surface area contributed by atoms with Crippen molar-refractivity contribution in [1.29, 1.82) is 0 Å². The fraction of sp³-hybridized carbons (Fsp3) is 0.905. The predicted octanol–water partition coefficient (Wildman–Crippen LogP) is 3.11. The van der Waals surface area contributed by atoms with Crippen LogP contribution in [-0.4, -0.2) is 56.0 Å². The molecule has 0 bridgehead atoms. The Kier molecular flexibility index (Phi) is 13.9. The molecule has 1 atom stereocenters. The molecule has 2 aliphatic rings. The topological polar surface area (TPSA) is 82.8 Å². The highest BCUT2D eigenvalue weighted by Gasteiger charge is 2.23. The van der Waals surface area contributed by atoms with E-state index in [2.05, 4.69) is 22.5 Å². The van der Waals surface area contributed by atoms with E-state index in [1.165, 1.54) is 44.9 Å². The predicted molar refractivity (Wildman–Crippen MR) is 128 cm³/mol. The van der Waals surface area contributed by atoms with E-state index < -0.39 is 0 Å². The molecule has 0 aromatic heterocycles. The van der Waals surface area contributed by atoms with Gasteiger partial charge < -0.3 is 21.3 Å². The number of unbranched alkanes of at least 4 members (excludes halogenated alkanes) is 1. The molecule has 164 valence electrons. The van der Waals surface area contributed by atoms with E-state index in [0.717, 1.165) is 70.4 Å². The van der Waals surface area contributed by atoms with Crippen LogP contribution in [0.15, 0.2) is 4.99 Å². The molecule has 1 aliphatic heterocycles. The highest BCUT2D eigenvalue weighted by Crippen LogP contribution is 2.28. The molecule has 0 spiro atoms. The van der Waals surface area contributed by atoms with E-state index in [-0.39, 0.29) is 35.8 Å². The Hall–Kier alpha value is -0.570. The second-order valence-electron chi connectivity index (χ2n) is 8.23. The molecule has 1 saturated heterocycles. The maximum absolute atomic E-state index is 11.4. The molecule has 2 fully saturated rings. The summed E-state index contributed by atoms with van der Waals surface area (Å²) in [6, 6.07) is 0. The third-order valence-electron chi connectivity index (χ3n) is 5.96. The number of aliphatic imine (C=N–C) groups is 1. The van der Waals surface area contributed by atoms with Gasteiger partial charge in [0.15, 0.2) is 5.96 Å². The van der Waals surface area contributed by atoms with Crippen LogP contribution in [-0.2, 0) is 4.79 Å². The minimum Gasteiger partial charge on any atom is -0.369 e. The molecular weight excluding hydrogens is 465 g/mol. The van der Waals surface area contributed by atoms with Crippen LogP contribution in [0, 0.1) is 11.8 Å². The Labute approximate surface area is 188 Å². The first kappa shape index (κ1) is 25.5. The molecule has 0 aromatic rings.